The van der Waals surface area contributed by atoms with Gasteiger partial charge in [0.15, 0.2) is 0 Å². The molecule has 1 heterocycles. The summed E-state index contributed by atoms with van der Waals surface area (Å²) >= 11 is 12.2. The Morgan fingerprint density at radius 3 is 2.62 bits per heavy atom. The van der Waals surface area contributed by atoms with E-state index < -0.39 is 11.9 Å². The molecule has 1 amide bonds. The van der Waals surface area contributed by atoms with Crippen LogP contribution in [-0.2, 0) is 11.2 Å². The fraction of sp³-hybridized carbons (Fsp3) is 0.0588. The number of furan rings is 1. The van der Waals surface area contributed by atoms with Gasteiger partial charge < -0.3 is 14.8 Å². The van der Waals surface area contributed by atoms with E-state index in [9.17, 15) is 9.59 Å². The summed E-state index contributed by atoms with van der Waals surface area (Å²) in [5.74, 6) is -1.42. The number of carboxylic acids is 1. The summed E-state index contributed by atoms with van der Waals surface area (Å²) in [4.78, 5) is 23.2. The molecule has 0 saturated carbocycles. The van der Waals surface area contributed by atoms with Gasteiger partial charge in [-0.15, -0.1) is 0 Å². The lowest BCUT2D eigenvalue weighted by molar-refractivity contribution is -0.136. The van der Waals surface area contributed by atoms with Crippen LogP contribution in [0.2, 0.25) is 10.0 Å². The minimum Gasteiger partial charge on any atom is -0.481 e. The number of para-hydroxylation sites is 1. The van der Waals surface area contributed by atoms with Gasteiger partial charge in [0.2, 0.25) is 0 Å². The highest BCUT2D eigenvalue weighted by atomic mass is 35.5. The number of hydrogen-bond donors (Lipinski definition) is 2. The van der Waals surface area contributed by atoms with Crippen molar-refractivity contribution in [2.75, 3.05) is 5.32 Å². The van der Waals surface area contributed by atoms with Crippen molar-refractivity contribution in [1.82, 2.24) is 0 Å². The average Bonchev–Trinajstić information content (AvgIpc) is 2.95. The van der Waals surface area contributed by atoms with Crippen LogP contribution in [0.1, 0.15) is 15.9 Å². The first-order chi connectivity index (χ1) is 11.5. The van der Waals surface area contributed by atoms with Crippen molar-refractivity contribution in [2.45, 2.75) is 6.42 Å². The number of carbonyl (C=O) groups is 2. The molecule has 24 heavy (non-hydrogen) atoms. The maximum Gasteiger partial charge on any atom is 0.307 e. The minimum atomic E-state index is -1.02. The lowest BCUT2D eigenvalue weighted by atomic mass is 10.1. The van der Waals surface area contributed by atoms with E-state index in [1.54, 1.807) is 18.2 Å². The third-order valence-electron chi connectivity index (χ3n) is 3.45. The molecule has 0 aliphatic heterocycles. The van der Waals surface area contributed by atoms with E-state index in [2.05, 4.69) is 5.32 Å². The van der Waals surface area contributed by atoms with Crippen LogP contribution < -0.4 is 5.32 Å². The summed E-state index contributed by atoms with van der Waals surface area (Å²) in [7, 11) is 0. The molecule has 0 radical (unpaired) electrons. The fourth-order valence-corrected chi connectivity index (χ4v) is 2.79. The Kier molecular flexibility index (Phi) is 4.46. The molecule has 0 fully saturated rings. The first-order valence-electron chi connectivity index (χ1n) is 6.93. The number of rotatable bonds is 4. The molecule has 7 heteroatoms. The summed E-state index contributed by atoms with van der Waals surface area (Å²) in [5, 5.41) is 12.6. The molecule has 0 unspecified atom stereocenters. The molecule has 0 aliphatic carbocycles. The number of amides is 1. The van der Waals surface area contributed by atoms with Crippen molar-refractivity contribution < 1.29 is 19.1 Å². The van der Waals surface area contributed by atoms with Gasteiger partial charge in [0.05, 0.1) is 22.7 Å². The van der Waals surface area contributed by atoms with Gasteiger partial charge >= 0.3 is 5.97 Å². The van der Waals surface area contributed by atoms with E-state index in [1.165, 1.54) is 18.4 Å². The second-order valence-electron chi connectivity index (χ2n) is 5.09. The zero-order valence-corrected chi connectivity index (χ0v) is 13.7. The highest BCUT2D eigenvalue weighted by Crippen LogP contribution is 2.31. The number of nitrogens with one attached hydrogen (secondary N) is 1. The number of fused-ring (bicyclic) bond motifs is 1. The quantitative estimate of drug-likeness (QED) is 0.708. The van der Waals surface area contributed by atoms with Crippen LogP contribution in [0.3, 0.4) is 0 Å². The van der Waals surface area contributed by atoms with Crippen LogP contribution in [0.15, 0.2) is 47.1 Å². The zero-order chi connectivity index (χ0) is 17.3. The van der Waals surface area contributed by atoms with Crippen molar-refractivity contribution in [1.29, 1.82) is 0 Å². The number of aliphatic carboxylic acids is 1. The summed E-state index contributed by atoms with van der Waals surface area (Å²) in [6.45, 7) is 0. The Morgan fingerprint density at radius 1 is 1.12 bits per heavy atom. The highest BCUT2D eigenvalue weighted by Gasteiger charge is 2.16. The first-order valence-corrected chi connectivity index (χ1v) is 7.68. The van der Waals surface area contributed by atoms with Gasteiger partial charge in [0.1, 0.15) is 11.8 Å². The van der Waals surface area contributed by atoms with Gasteiger partial charge in [0, 0.05) is 10.4 Å². The van der Waals surface area contributed by atoms with Crippen LogP contribution in [0, 0.1) is 0 Å². The van der Waals surface area contributed by atoms with E-state index in [1.807, 2.05) is 6.07 Å². The van der Waals surface area contributed by atoms with Crippen molar-refractivity contribution in [3.05, 3.63) is 63.8 Å². The lowest BCUT2D eigenvalue weighted by Crippen LogP contribution is -2.12. The second-order valence-corrected chi connectivity index (χ2v) is 5.91. The van der Waals surface area contributed by atoms with Gasteiger partial charge in [-0.05, 0) is 23.8 Å². The van der Waals surface area contributed by atoms with E-state index >= 15 is 0 Å². The SMILES string of the molecule is O=C(O)Cc1cc(Cl)c(NC(=O)c2coc3ccccc23)cc1Cl. The van der Waals surface area contributed by atoms with Crippen molar-refractivity contribution in [2.24, 2.45) is 0 Å². The summed E-state index contributed by atoms with van der Waals surface area (Å²) in [5.41, 5.74) is 1.64. The molecule has 3 rings (SSSR count). The predicted molar refractivity (Wildman–Crippen MR) is 92.0 cm³/mol. The summed E-state index contributed by atoms with van der Waals surface area (Å²) < 4.78 is 5.34. The Bertz CT molecular complexity index is 949. The third-order valence-corrected chi connectivity index (χ3v) is 4.12. The molecule has 122 valence electrons. The number of hydrogen-bond acceptors (Lipinski definition) is 3. The van der Waals surface area contributed by atoms with Gasteiger partial charge in [0.25, 0.3) is 5.91 Å². The molecule has 0 spiro atoms. The van der Waals surface area contributed by atoms with Crippen LogP contribution in [0.4, 0.5) is 5.69 Å². The molecule has 3 aromatic rings. The Hall–Kier alpha value is -2.50. The van der Waals surface area contributed by atoms with Gasteiger partial charge in [-0.3, -0.25) is 9.59 Å². The van der Waals surface area contributed by atoms with Crippen molar-refractivity contribution in [3.63, 3.8) is 0 Å². The minimum absolute atomic E-state index is 0.205. The van der Waals surface area contributed by atoms with Gasteiger partial charge in [-0.2, -0.15) is 0 Å². The van der Waals surface area contributed by atoms with E-state index in [0.29, 0.717) is 27.8 Å². The summed E-state index contributed by atoms with van der Waals surface area (Å²) in [6.07, 6.45) is 1.12. The zero-order valence-electron chi connectivity index (χ0n) is 12.2. The average molecular weight is 364 g/mol. The Morgan fingerprint density at radius 2 is 1.88 bits per heavy atom. The van der Waals surface area contributed by atoms with E-state index in [-0.39, 0.29) is 16.5 Å². The standard InChI is InChI=1S/C17H11Cl2NO4/c18-12-7-14(13(19)5-9(12)6-16(21)22)20-17(23)11-8-24-15-4-2-1-3-10(11)15/h1-5,7-8H,6H2,(H,20,23)(H,21,22). The first kappa shape index (κ1) is 16.4. The molecule has 2 N–H and O–H groups in total. The molecule has 0 atom stereocenters. The van der Waals surface area contributed by atoms with Gasteiger partial charge in [-0.1, -0.05) is 41.4 Å². The highest BCUT2D eigenvalue weighted by molar-refractivity contribution is 6.36. The molecule has 0 bridgehead atoms. The predicted octanol–water partition coefficient (Wildman–Crippen LogP) is 4.62. The molecular weight excluding hydrogens is 353 g/mol. The van der Waals surface area contributed by atoms with Crippen molar-refractivity contribution in [3.8, 4) is 0 Å². The lowest BCUT2D eigenvalue weighted by Gasteiger charge is -2.10. The van der Waals surface area contributed by atoms with Crippen LogP contribution >= 0.6 is 23.2 Å². The van der Waals surface area contributed by atoms with Crippen molar-refractivity contribution >= 4 is 51.7 Å². The monoisotopic (exact) mass is 363 g/mol. The Balaban J connectivity index is 1.89. The smallest absolute Gasteiger partial charge is 0.307 e. The number of benzene rings is 2. The number of anilines is 1. The number of halogens is 2. The molecule has 0 aliphatic rings. The normalized spacial score (nSPS) is 10.8. The summed E-state index contributed by atoms with van der Waals surface area (Å²) in [6, 6.07) is 10.0. The topological polar surface area (TPSA) is 79.5 Å². The molecule has 2 aromatic carbocycles. The van der Waals surface area contributed by atoms with E-state index in [0.717, 1.165) is 0 Å². The second kappa shape index (κ2) is 6.55. The molecular formula is C17H11Cl2NO4. The molecule has 1 aromatic heterocycles. The Labute approximate surface area is 146 Å². The molecule has 5 nitrogen and oxygen atoms in total. The van der Waals surface area contributed by atoms with Gasteiger partial charge in [-0.25, -0.2) is 0 Å². The van der Waals surface area contributed by atoms with Crippen LogP contribution in [-0.4, -0.2) is 17.0 Å². The molecule has 0 saturated heterocycles. The fourth-order valence-electron chi connectivity index (χ4n) is 2.33. The largest absolute Gasteiger partial charge is 0.481 e. The maximum absolute atomic E-state index is 12.4. The van der Waals surface area contributed by atoms with Crippen LogP contribution in [0.5, 0.6) is 0 Å². The number of carbonyl (C=O) groups excluding carboxylic acids is 1. The van der Waals surface area contributed by atoms with E-state index in [4.69, 9.17) is 32.7 Å². The number of carboxylic acid groups (broad SMARTS) is 1. The third kappa shape index (κ3) is 3.22. The maximum atomic E-state index is 12.4. The van der Waals surface area contributed by atoms with Crippen LogP contribution in [0.25, 0.3) is 11.0 Å².